The van der Waals surface area contributed by atoms with Crippen molar-refractivity contribution in [3.05, 3.63) is 64.7 Å². The number of hydrogen-bond acceptors (Lipinski definition) is 1. The number of benzene rings is 2. The standard InChI is InChI=1S/C19H18ClF3N2O/c20-14-8-6-13(7-9-14)12-18(10-3-11-18)25-17(26)24-16-5-2-1-4-15(16)19(21,22)23/h1-2,4-9H,3,10-12H2,(H2,24,25,26). The minimum atomic E-state index is -4.53. The van der Waals surface area contributed by atoms with Crippen LogP contribution in [0.3, 0.4) is 0 Å². The first-order chi connectivity index (χ1) is 12.3. The smallest absolute Gasteiger partial charge is 0.332 e. The van der Waals surface area contributed by atoms with Crippen LogP contribution < -0.4 is 10.6 Å². The molecule has 26 heavy (non-hydrogen) atoms. The molecule has 7 heteroatoms. The molecular formula is C19H18ClF3N2O. The van der Waals surface area contributed by atoms with Gasteiger partial charge in [-0.15, -0.1) is 0 Å². The maximum atomic E-state index is 13.1. The van der Waals surface area contributed by atoms with Crippen molar-refractivity contribution in [2.24, 2.45) is 0 Å². The summed E-state index contributed by atoms with van der Waals surface area (Å²) >= 11 is 5.89. The van der Waals surface area contributed by atoms with Crippen LogP contribution in [0.5, 0.6) is 0 Å². The van der Waals surface area contributed by atoms with Gasteiger partial charge in [0.2, 0.25) is 0 Å². The number of carbonyl (C=O) groups is 1. The van der Waals surface area contributed by atoms with E-state index in [2.05, 4.69) is 10.6 Å². The lowest BCUT2D eigenvalue weighted by Gasteiger charge is -2.42. The van der Waals surface area contributed by atoms with Crippen LogP contribution in [0.1, 0.15) is 30.4 Å². The van der Waals surface area contributed by atoms with E-state index in [0.29, 0.717) is 11.4 Å². The van der Waals surface area contributed by atoms with Crippen LogP contribution in [0.25, 0.3) is 0 Å². The van der Waals surface area contributed by atoms with E-state index in [1.807, 2.05) is 12.1 Å². The Labute approximate surface area is 154 Å². The van der Waals surface area contributed by atoms with E-state index < -0.39 is 23.3 Å². The molecular weight excluding hydrogens is 365 g/mol. The van der Waals surface area contributed by atoms with Crippen molar-refractivity contribution >= 4 is 23.3 Å². The van der Waals surface area contributed by atoms with Gasteiger partial charge in [-0.2, -0.15) is 13.2 Å². The SMILES string of the molecule is O=C(Nc1ccccc1C(F)(F)F)NC1(Cc2ccc(Cl)cc2)CCC1. The average Bonchev–Trinajstić information content (AvgIpc) is 2.54. The number of rotatable bonds is 4. The summed E-state index contributed by atoms with van der Waals surface area (Å²) in [7, 11) is 0. The number of alkyl halides is 3. The van der Waals surface area contributed by atoms with E-state index in [0.717, 1.165) is 30.9 Å². The zero-order valence-electron chi connectivity index (χ0n) is 13.9. The van der Waals surface area contributed by atoms with Crippen molar-refractivity contribution in [3.8, 4) is 0 Å². The predicted molar refractivity (Wildman–Crippen MR) is 95.3 cm³/mol. The molecule has 2 amide bonds. The molecule has 2 aromatic rings. The van der Waals surface area contributed by atoms with Crippen molar-refractivity contribution in [1.82, 2.24) is 5.32 Å². The van der Waals surface area contributed by atoms with Gasteiger partial charge < -0.3 is 10.6 Å². The Morgan fingerprint density at radius 2 is 1.73 bits per heavy atom. The van der Waals surface area contributed by atoms with Crippen molar-refractivity contribution < 1.29 is 18.0 Å². The monoisotopic (exact) mass is 382 g/mol. The van der Waals surface area contributed by atoms with Gasteiger partial charge in [-0.05, 0) is 55.5 Å². The first-order valence-electron chi connectivity index (χ1n) is 8.27. The minimum Gasteiger partial charge on any atom is -0.332 e. The molecule has 1 fully saturated rings. The van der Waals surface area contributed by atoms with Crippen molar-refractivity contribution in [1.29, 1.82) is 0 Å². The van der Waals surface area contributed by atoms with Gasteiger partial charge in [0.15, 0.2) is 0 Å². The number of carbonyl (C=O) groups excluding carboxylic acids is 1. The Morgan fingerprint density at radius 3 is 2.31 bits per heavy atom. The Morgan fingerprint density at radius 1 is 1.08 bits per heavy atom. The molecule has 3 rings (SSSR count). The fourth-order valence-electron chi connectivity index (χ4n) is 3.18. The van der Waals surface area contributed by atoms with Crippen LogP contribution >= 0.6 is 11.6 Å². The molecule has 3 nitrogen and oxygen atoms in total. The summed E-state index contributed by atoms with van der Waals surface area (Å²) in [6.07, 6.45) is -1.39. The fraction of sp³-hybridized carbons (Fsp3) is 0.316. The van der Waals surface area contributed by atoms with Crippen LogP contribution in [-0.2, 0) is 12.6 Å². The molecule has 0 aliphatic heterocycles. The van der Waals surface area contributed by atoms with Gasteiger partial charge in [-0.3, -0.25) is 0 Å². The van der Waals surface area contributed by atoms with Crippen molar-refractivity contribution in [2.75, 3.05) is 5.32 Å². The largest absolute Gasteiger partial charge is 0.418 e. The molecule has 0 saturated heterocycles. The maximum Gasteiger partial charge on any atom is 0.418 e. The van der Waals surface area contributed by atoms with Gasteiger partial charge in [-0.25, -0.2) is 4.79 Å². The number of hydrogen-bond donors (Lipinski definition) is 2. The third kappa shape index (κ3) is 4.30. The summed E-state index contributed by atoms with van der Waals surface area (Å²) in [5, 5.41) is 5.84. The Hall–Kier alpha value is -2.21. The maximum absolute atomic E-state index is 13.1. The first-order valence-corrected chi connectivity index (χ1v) is 8.65. The van der Waals surface area contributed by atoms with Crippen molar-refractivity contribution in [3.63, 3.8) is 0 Å². The molecule has 2 N–H and O–H groups in total. The molecule has 0 unspecified atom stereocenters. The van der Waals surface area contributed by atoms with Crippen LogP contribution in [0.4, 0.5) is 23.7 Å². The second-order valence-corrected chi connectivity index (χ2v) is 7.00. The number of amides is 2. The van der Waals surface area contributed by atoms with Gasteiger partial charge in [-0.1, -0.05) is 35.9 Å². The predicted octanol–water partition coefficient (Wildman–Crippen LogP) is 5.65. The molecule has 0 spiro atoms. The lowest BCUT2D eigenvalue weighted by Crippen LogP contribution is -2.56. The second kappa shape index (κ2) is 7.19. The third-order valence-electron chi connectivity index (χ3n) is 4.63. The Balaban J connectivity index is 1.70. The lowest BCUT2D eigenvalue weighted by atomic mass is 9.73. The lowest BCUT2D eigenvalue weighted by molar-refractivity contribution is -0.136. The third-order valence-corrected chi connectivity index (χ3v) is 4.88. The van der Waals surface area contributed by atoms with Gasteiger partial charge in [0.25, 0.3) is 0 Å². The first kappa shape index (κ1) is 18.6. The highest BCUT2D eigenvalue weighted by atomic mass is 35.5. The molecule has 0 radical (unpaired) electrons. The molecule has 0 aromatic heterocycles. The average molecular weight is 383 g/mol. The number of para-hydroxylation sites is 1. The minimum absolute atomic E-state index is 0.251. The number of halogens is 4. The molecule has 2 aromatic carbocycles. The van der Waals surface area contributed by atoms with Gasteiger partial charge in [0, 0.05) is 10.6 Å². The van der Waals surface area contributed by atoms with E-state index in [1.165, 1.54) is 18.2 Å². The van der Waals surface area contributed by atoms with Crippen molar-refractivity contribution in [2.45, 2.75) is 37.4 Å². The summed E-state index contributed by atoms with van der Waals surface area (Å²) < 4.78 is 39.2. The Kier molecular flexibility index (Phi) is 5.14. The molecule has 1 aliphatic rings. The van der Waals surface area contributed by atoms with Gasteiger partial charge in [0.05, 0.1) is 11.3 Å². The number of urea groups is 1. The summed E-state index contributed by atoms with van der Waals surface area (Å²) in [6, 6.07) is 11.7. The van der Waals surface area contributed by atoms with Crippen LogP contribution in [-0.4, -0.2) is 11.6 Å². The quantitative estimate of drug-likeness (QED) is 0.705. The fourth-order valence-corrected chi connectivity index (χ4v) is 3.30. The number of nitrogens with one attached hydrogen (secondary N) is 2. The number of anilines is 1. The van der Waals surface area contributed by atoms with Crippen LogP contribution in [0, 0.1) is 0 Å². The topological polar surface area (TPSA) is 41.1 Å². The van der Waals surface area contributed by atoms with E-state index in [4.69, 9.17) is 11.6 Å². The molecule has 0 bridgehead atoms. The molecule has 0 atom stereocenters. The van der Waals surface area contributed by atoms with E-state index in [1.54, 1.807) is 12.1 Å². The molecule has 0 heterocycles. The van der Waals surface area contributed by atoms with Crippen LogP contribution in [0.2, 0.25) is 5.02 Å². The van der Waals surface area contributed by atoms with E-state index >= 15 is 0 Å². The van der Waals surface area contributed by atoms with E-state index in [9.17, 15) is 18.0 Å². The normalized spacial score (nSPS) is 15.8. The molecule has 1 aliphatic carbocycles. The highest BCUT2D eigenvalue weighted by molar-refractivity contribution is 6.30. The highest BCUT2D eigenvalue weighted by Crippen LogP contribution is 2.37. The molecule has 1 saturated carbocycles. The summed E-state index contributed by atoms with van der Waals surface area (Å²) in [5.41, 5.74) is -0.537. The highest BCUT2D eigenvalue weighted by Gasteiger charge is 2.39. The summed E-state index contributed by atoms with van der Waals surface area (Å²) in [5.74, 6) is 0. The van der Waals surface area contributed by atoms with Gasteiger partial charge in [0.1, 0.15) is 0 Å². The Bertz CT molecular complexity index is 786. The zero-order chi connectivity index (χ0) is 18.8. The van der Waals surface area contributed by atoms with Crippen LogP contribution in [0.15, 0.2) is 48.5 Å². The molecule has 138 valence electrons. The zero-order valence-corrected chi connectivity index (χ0v) is 14.6. The van der Waals surface area contributed by atoms with Gasteiger partial charge >= 0.3 is 12.2 Å². The second-order valence-electron chi connectivity index (χ2n) is 6.56. The summed E-state index contributed by atoms with van der Waals surface area (Å²) in [6.45, 7) is 0. The van der Waals surface area contributed by atoms with E-state index in [-0.39, 0.29) is 5.69 Å². The summed E-state index contributed by atoms with van der Waals surface area (Å²) in [4.78, 5) is 12.3.